The minimum atomic E-state index is -0.803. The highest BCUT2D eigenvalue weighted by atomic mass is 16.4. The molecule has 0 aromatic heterocycles. The molecule has 0 spiro atoms. The number of hydrogen-bond donors (Lipinski definition) is 3. The summed E-state index contributed by atoms with van der Waals surface area (Å²) >= 11 is 0. The molecule has 5 heteroatoms. The molecule has 0 aromatic carbocycles. The number of hydrogen-bond acceptors (Lipinski definition) is 4. The van der Waals surface area contributed by atoms with Crippen LogP contribution in [0, 0.1) is 11.8 Å². The molecule has 1 fully saturated rings. The first-order valence-electron chi connectivity index (χ1n) is 9.69. The number of carbonyl (C=O) groups excluding carboxylic acids is 1. The van der Waals surface area contributed by atoms with Gasteiger partial charge in [0.25, 0.3) is 0 Å². The monoisotopic (exact) mass is 376 g/mol. The van der Waals surface area contributed by atoms with Crippen molar-refractivity contribution >= 4 is 11.8 Å². The van der Waals surface area contributed by atoms with Gasteiger partial charge < -0.3 is 15.3 Å². The molecule has 5 nitrogen and oxygen atoms in total. The van der Waals surface area contributed by atoms with Gasteiger partial charge in [0.2, 0.25) is 0 Å². The van der Waals surface area contributed by atoms with E-state index < -0.39 is 18.2 Å². The van der Waals surface area contributed by atoms with Gasteiger partial charge in [0.15, 0.2) is 0 Å². The molecule has 1 aliphatic rings. The molecule has 0 aliphatic heterocycles. The molecule has 0 radical (unpaired) electrons. The van der Waals surface area contributed by atoms with Crippen molar-refractivity contribution in [1.82, 2.24) is 0 Å². The van der Waals surface area contributed by atoms with E-state index >= 15 is 0 Å². The largest absolute Gasteiger partial charge is 0.481 e. The summed E-state index contributed by atoms with van der Waals surface area (Å²) < 4.78 is 0. The van der Waals surface area contributed by atoms with Gasteiger partial charge in [-0.1, -0.05) is 55.5 Å². The second kappa shape index (κ2) is 13.2. The normalized spacial score (nSPS) is 24.9. The third-order valence-electron chi connectivity index (χ3n) is 4.59. The smallest absolute Gasteiger partial charge is 0.303 e. The van der Waals surface area contributed by atoms with Crippen LogP contribution in [0.15, 0.2) is 48.6 Å². The van der Waals surface area contributed by atoms with Crippen molar-refractivity contribution in [3.8, 4) is 0 Å². The molecule has 1 rings (SSSR count). The zero-order valence-corrected chi connectivity index (χ0v) is 16.0. The van der Waals surface area contributed by atoms with Crippen molar-refractivity contribution in [3.05, 3.63) is 48.6 Å². The summed E-state index contributed by atoms with van der Waals surface area (Å²) in [5.41, 5.74) is 0. The number of aliphatic hydroxyl groups excluding tert-OH is 2. The van der Waals surface area contributed by atoms with Crippen molar-refractivity contribution in [3.63, 3.8) is 0 Å². The maximum absolute atomic E-state index is 12.0. The Morgan fingerprint density at radius 3 is 2.63 bits per heavy atom. The van der Waals surface area contributed by atoms with Crippen molar-refractivity contribution < 1.29 is 24.9 Å². The van der Waals surface area contributed by atoms with Gasteiger partial charge in [0.1, 0.15) is 5.78 Å². The van der Waals surface area contributed by atoms with Crippen LogP contribution in [-0.2, 0) is 9.59 Å². The van der Waals surface area contributed by atoms with Crippen LogP contribution in [0.25, 0.3) is 0 Å². The average molecular weight is 376 g/mol. The summed E-state index contributed by atoms with van der Waals surface area (Å²) in [5.74, 6) is -1.17. The highest BCUT2D eigenvalue weighted by Crippen LogP contribution is 2.33. The fourth-order valence-corrected chi connectivity index (χ4v) is 3.10. The first kappa shape index (κ1) is 23.1. The minimum absolute atomic E-state index is 0.0852. The summed E-state index contributed by atoms with van der Waals surface area (Å²) in [6.45, 7) is 2.04. The lowest BCUT2D eigenvalue weighted by molar-refractivity contribution is -0.136. The standard InChI is InChI=1S/C22H32O5/c1-2-3-8-12-18-19(21(25)16-20(18)24)15-14-17(23)11-9-6-4-5-7-10-13-22(26)27/h3,5-9,14-15,17-19,21,23,25H,2,4,10-13,16H2,1H3,(H,26,27)/b7-5-,8-3-,9-6-,15-14+/t17-,18-,19+,21+/m1/s1. The molecular weight excluding hydrogens is 344 g/mol. The zero-order chi connectivity index (χ0) is 20.1. The van der Waals surface area contributed by atoms with E-state index in [2.05, 4.69) is 0 Å². The van der Waals surface area contributed by atoms with E-state index in [0.717, 1.165) is 6.42 Å². The van der Waals surface area contributed by atoms with E-state index in [1.165, 1.54) is 0 Å². The second-order valence-electron chi connectivity index (χ2n) is 6.84. The minimum Gasteiger partial charge on any atom is -0.481 e. The summed E-state index contributed by atoms with van der Waals surface area (Å²) in [6, 6.07) is 0. The predicted octanol–water partition coefficient (Wildman–Crippen LogP) is 3.58. The van der Waals surface area contributed by atoms with E-state index in [0.29, 0.717) is 25.7 Å². The second-order valence-corrected chi connectivity index (χ2v) is 6.84. The van der Waals surface area contributed by atoms with Crippen molar-refractivity contribution in [2.45, 2.75) is 64.1 Å². The summed E-state index contributed by atoms with van der Waals surface area (Å²) in [6.07, 6.45) is 17.2. The van der Waals surface area contributed by atoms with Crippen molar-refractivity contribution in [2.75, 3.05) is 0 Å². The number of carboxylic acids is 1. The maximum Gasteiger partial charge on any atom is 0.303 e. The Kier molecular flexibility index (Phi) is 11.3. The van der Waals surface area contributed by atoms with Crippen LogP contribution in [0.2, 0.25) is 0 Å². The van der Waals surface area contributed by atoms with Gasteiger partial charge in [-0.05, 0) is 32.1 Å². The lowest BCUT2D eigenvalue weighted by Crippen LogP contribution is -2.18. The van der Waals surface area contributed by atoms with Crippen LogP contribution in [0.5, 0.6) is 0 Å². The van der Waals surface area contributed by atoms with Gasteiger partial charge in [-0.2, -0.15) is 0 Å². The fourth-order valence-electron chi connectivity index (χ4n) is 3.10. The highest BCUT2D eigenvalue weighted by molar-refractivity contribution is 5.84. The lowest BCUT2D eigenvalue weighted by Gasteiger charge is -2.16. The lowest BCUT2D eigenvalue weighted by atomic mass is 9.90. The van der Waals surface area contributed by atoms with Gasteiger partial charge in [-0.3, -0.25) is 9.59 Å². The first-order valence-corrected chi connectivity index (χ1v) is 9.69. The quantitative estimate of drug-likeness (QED) is 0.453. The fraction of sp³-hybridized carbons (Fsp3) is 0.545. The Morgan fingerprint density at radius 1 is 1.19 bits per heavy atom. The Balaban J connectivity index is 2.40. The van der Waals surface area contributed by atoms with Gasteiger partial charge in [-0.15, -0.1) is 0 Å². The van der Waals surface area contributed by atoms with Gasteiger partial charge >= 0.3 is 5.97 Å². The SMILES string of the molecule is CC/C=C\C[C@H]1C(=O)C[C@H](O)[C@H]1/C=C/[C@H](O)C/C=C\C/C=C\CCC(=O)O. The molecular formula is C22H32O5. The number of ketones is 1. The molecule has 0 unspecified atom stereocenters. The van der Waals surface area contributed by atoms with Gasteiger partial charge in [-0.25, -0.2) is 0 Å². The topological polar surface area (TPSA) is 94.8 Å². The maximum atomic E-state index is 12.0. The van der Waals surface area contributed by atoms with Crippen molar-refractivity contribution in [2.24, 2.45) is 11.8 Å². The number of rotatable bonds is 12. The van der Waals surface area contributed by atoms with E-state index in [1.807, 2.05) is 43.4 Å². The van der Waals surface area contributed by atoms with Crippen LogP contribution < -0.4 is 0 Å². The highest BCUT2D eigenvalue weighted by Gasteiger charge is 2.39. The number of Topliss-reactive ketones (excluding diaryl/α,β-unsaturated/α-hetero) is 1. The number of allylic oxidation sites excluding steroid dienone is 5. The van der Waals surface area contributed by atoms with Crippen LogP contribution >= 0.6 is 0 Å². The molecule has 0 bridgehead atoms. The number of carbonyl (C=O) groups is 2. The van der Waals surface area contributed by atoms with Crippen LogP contribution in [0.1, 0.15) is 51.9 Å². The third-order valence-corrected chi connectivity index (χ3v) is 4.59. The predicted molar refractivity (Wildman–Crippen MR) is 106 cm³/mol. The molecule has 0 heterocycles. The van der Waals surface area contributed by atoms with Crippen molar-refractivity contribution in [1.29, 1.82) is 0 Å². The molecule has 1 saturated carbocycles. The van der Waals surface area contributed by atoms with Crippen LogP contribution in [0.4, 0.5) is 0 Å². The van der Waals surface area contributed by atoms with Gasteiger partial charge in [0.05, 0.1) is 12.2 Å². The average Bonchev–Trinajstić information content (AvgIpc) is 2.88. The summed E-state index contributed by atoms with van der Waals surface area (Å²) in [7, 11) is 0. The molecule has 0 saturated heterocycles. The van der Waals surface area contributed by atoms with E-state index in [-0.39, 0.29) is 30.5 Å². The Hall–Kier alpha value is -1.98. The first-order chi connectivity index (χ1) is 13.0. The van der Waals surface area contributed by atoms with Gasteiger partial charge in [0, 0.05) is 24.7 Å². The molecule has 4 atom stereocenters. The third kappa shape index (κ3) is 9.50. The number of aliphatic hydroxyl groups is 2. The van der Waals surface area contributed by atoms with E-state index in [9.17, 15) is 19.8 Å². The Morgan fingerprint density at radius 2 is 1.93 bits per heavy atom. The molecule has 27 heavy (non-hydrogen) atoms. The van der Waals surface area contributed by atoms with E-state index in [4.69, 9.17) is 5.11 Å². The summed E-state index contributed by atoms with van der Waals surface area (Å²) in [5, 5.41) is 28.7. The molecule has 150 valence electrons. The molecule has 0 aromatic rings. The van der Waals surface area contributed by atoms with Crippen LogP contribution in [-0.4, -0.2) is 39.3 Å². The molecule has 3 N–H and O–H groups in total. The Labute approximate surface area is 161 Å². The molecule has 0 amide bonds. The zero-order valence-electron chi connectivity index (χ0n) is 16.0. The van der Waals surface area contributed by atoms with Crippen LogP contribution in [0.3, 0.4) is 0 Å². The Bertz CT molecular complexity index is 573. The number of aliphatic carboxylic acids is 1. The number of carboxylic acid groups (broad SMARTS) is 1. The molecule has 1 aliphatic carbocycles. The summed E-state index contributed by atoms with van der Waals surface area (Å²) in [4.78, 5) is 22.4. The van der Waals surface area contributed by atoms with E-state index in [1.54, 1.807) is 12.2 Å².